The Morgan fingerprint density at radius 3 is 2.45 bits per heavy atom. The molecule has 1 aromatic carbocycles. The molecule has 2 heterocycles. The highest BCUT2D eigenvalue weighted by Crippen LogP contribution is 2.46. The van der Waals surface area contributed by atoms with Gasteiger partial charge in [-0.15, -0.1) is 0 Å². The number of ether oxygens (including phenoxy) is 1. The molecule has 0 aliphatic carbocycles. The van der Waals surface area contributed by atoms with Gasteiger partial charge in [-0.2, -0.15) is 10.4 Å². The molecule has 0 spiro atoms. The van der Waals surface area contributed by atoms with Gasteiger partial charge in [-0.05, 0) is 51.8 Å². The van der Waals surface area contributed by atoms with Crippen molar-refractivity contribution in [3.05, 3.63) is 64.9 Å². The van der Waals surface area contributed by atoms with E-state index in [0.29, 0.717) is 11.5 Å². The minimum atomic E-state index is -0.319. The first kappa shape index (κ1) is 22.3. The average molecular weight is 421 g/mol. The standard InChI is InChI=1S/C24H32N6O/c1-6-8-19-21-20(16-9-11-17(12-10-16)29(7-2)14-13-25)18(15-26)22(27)31-23(21)30(28-19)24(3,4)5/h9-14,20H,6-8,25,27H2,1-5H3/b14-13-. The molecule has 1 aliphatic heterocycles. The van der Waals surface area contributed by atoms with Crippen LogP contribution in [0.1, 0.15) is 63.8 Å². The van der Waals surface area contributed by atoms with E-state index in [-0.39, 0.29) is 17.3 Å². The van der Waals surface area contributed by atoms with Crippen molar-refractivity contribution in [2.45, 2.75) is 58.9 Å². The first-order valence-corrected chi connectivity index (χ1v) is 10.7. The number of hydrogen-bond donors (Lipinski definition) is 2. The zero-order valence-electron chi connectivity index (χ0n) is 19.0. The fraction of sp³-hybridized carbons (Fsp3) is 0.417. The highest BCUT2D eigenvalue weighted by Gasteiger charge is 2.38. The van der Waals surface area contributed by atoms with E-state index < -0.39 is 0 Å². The molecular weight excluding hydrogens is 388 g/mol. The number of allylic oxidation sites excluding steroid dienone is 1. The lowest BCUT2D eigenvalue weighted by Gasteiger charge is -2.28. The Balaban J connectivity index is 2.18. The highest BCUT2D eigenvalue weighted by atomic mass is 16.5. The fourth-order valence-corrected chi connectivity index (χ4v) is 3.96. The van der Waals surface area contributed by atoms with Gasteiger partial charge in [-0.1, -0.05) is 25.5 Å². The van der Waals surface area contributed by atoms with Gasteiger partial charge in [-0.25, -0.2) is 4.68 Å². The van der Waals surface area contributed by atoms with Crippen LogP contribution in [0.2, 0.25) is 0 Å². The van der Waals surface area contributed by atoms with Gasteiger partial charge in [0.05, 0.1) is 22.7 Å². The number of nitrogens with zero attached hydrogens (tertiary/aromatic N) is 4. The molecule has 2 aromatic rings. The van der Waals surface area contributed by atoms with E-state index in [1.807, 2.05) is 35.1 Å². The van der Waals surface area contributed by atoms with Crippen molar-refractivity contribution in [1.29, 1.82) is 5.26 Å². The maximum Gasteiger partial charge on any atom is 0.224 e. The Morgan fingerprint density at radius 2 is 1.94 bits per heavy atom. The molecule has 1 aromatic heterocycles. The first-order valence-electron chi connectivity index (χ1n) is 10.7. The molecule has 7 heteroatoms. The molecule has 0 bridgehead atoms. The van der Waals surface area contributed by atoms with Crippen LogP contribution in [0.25, 0.3) is 0 Å². The van der Waals surface area contributed by atoms with Gasteiger partial charge in [0.1, 0.15) is 11.6 Å². The molecule has 3 rings (SSSR count). The Morgan fingerprint density at radius 1 is 1.26 bits per heavy atom. The smallest absolute Gasteiger partial charge is 0.224 e. The van der Waals surface area contributed by atoms with E-state index in [4.69, 9.17) is 21.3 Å². The molecule has 1 atom stereocenters. The van der Waals surface area contributed by atoms with E-state index in [2.05, 4.69) is 45.6 Å². The van der Waals surface area contributed by atoms with Crippen molar-refractivity contribution >= 4 is 5.69 Å². The van der Waals surface area contributed by atoms with Gasteiger partial charge >= 0.3 is 0 Å². The third-order valence-electron chi connectivity index (χ3n) is 5.41. The maximum absolute atomic E-state index is 9.93. The van der Waals surface area contributed by atoms with Crippen LogP contribution < -0.4 is 21.1 Å². The Kier molecular flexibility index (Phi) is 6.30. The van der Waals surface area contributed by atoms with Crippen LogP contribution in [0.4, 0.5) is 5.69 Å². The summed E-state index contributed by atoms with van der Waals surface area (Å²) in [7, 11) is 0. The van der Waals surface area contributed by atoms with Crippen LogP contribution in [-0.2, 0) is 12.0 Å². The molecule has 0 fully saturated rings. The van der Waals surface area contributed by atoms with Gasteiger partial charge in [-0.3, -0.25) is 0 Å². The summed E-state index contributed by atoms with van der Waals surface area (Å²) >= 11 is 0. The number of hydrogen-bond acceptors (Lipinski definition) is 6. The summed E-state index contributed by atoms with van der Waals surface area (Å²) in [6.45, 7) is 11.2. The Bertz CT molecular complexity index is 1030. The summed E-state index contributed by atoms with van der Waals surface area (Å²) in [5, 5.41) is 14.8. The summed E-state index contributed by atoms with van der Waals surface area (Å²) in [5.74, 6) is 0.446. The summed E-state index contributed by atoms with van der Waals surface area (Å²) < 4.78 is 7.88. The summed E-state index contributed by atoms with van der Waals surface area (Å²) in [5.41, 5.74) is 15.8. The van der Waals surface area contributed by atoms with Crippen molar-refractivity contribution in [2.24, 2.45) is 11.5 Å². The molecular formula is C24H32N6O. The summed E-state index contributed by atoms with van der Waals surface area (Å²) in [6, 6.07) is 10.4. The van der Waals surface area contributed by atoms with Crippen molar-refractivity contribution in [1.82, 2.24) is 9.78 Å². The van der Waals surface area contributed by atoms with Crippen molar-refractivity contribution in [3.8, 4) is 11.9 Å². The average Bonchev–Trinajstić information content (AvgIpc) is 3.09. The molecule has 164 valence electrons. The predicted octanol–water partition coefficient (Wildman–Crippen LogP) is 4.06. The Labute approximate surface area is 184 Å². The lowest BCUT2D eigenvalue weighted by Crippen LogP contribution is -2.27. The van der Waals surface area contributed by atoms with Gasteiger partial charge in [0.2, 0.25) is 11.8 Å². The lowest BCUT2D eigenvalue weighted by molar-refractivity contribution is 0.277. The number of anilines is 1. The van der Waals surface area contributed by atoms with Crippen LogP contribution >= 0.6 is 0 Å². The fourth-order valence-electron chi connectivity index (χ4n) is 3.96. The van der Waals surface area contributed by atoms with Gasteiger partial charge in [0.25, 0.3) is 0 Å². The number of nitrogens with two attached hydrogens (primary N) is 2. The highest BCUT2D eigenvalue weighted by molar-refractivity contribution is 5.58. The van der Waals surface area contributed by atoms with E-state index >= 15 is 0 Å². The summed E-state index contributed by atoms with van der Waals surface area (Å²) in [4.78, 5) is 2.05. The minimum Gasteiger partial charge on any atom is -0.422 e. The van der Waals surface area contributed by atoms with Crippen LogP contribution in [0, 0.1) is 11.3 Å². The van der Waals surface area contributed by atoms with E-state index in [0.717, 1.165) is 41.9 Å². The van der Waals surface area contributed by atoms with Crippen molar-refractivity contribution in [2.75, 3.05) is 11.4 Å². The second-order valence-corrected chi connectivity index (χ2v) is 8.64. The second-order valence-electron chi connectivity index (χ2n) is 8.64. The summed E-state index contributed by atoms with van der Waals surface area (Å²) in [6.07, 6.45) is 5.11. The van der Waals surface area contributed by atoms with Gasteiger partial charge in [0.15, 0.2) is 0 Å². The molecule has 0 saturated carbocycles. The number of aromatic nitrogens is 2. The Hall–Kier alpha value is -3.40. The number of rotatable bonds is 6. The maximum atomic E-state index is 9.93. The van der Waals surface area contributed by atoms with Crippen LogP contribution in [0.15, 0.2) is 48.1 Å². The third kappa shape index (κ3) is 4.11. The normalized spacial score (nSPS) is 16.2. The number of benzene rings is 1. The lowest BCUT2D eigenvalue weighted by atomic mass is 9.83. The van der Waals surface area contributed by atoms with Crippen LogP contribution in [-0.4, -0.2) is 16.3 Å². The SMILES string of the molecule is CCCc1nn(C(C)(C)C)c2c1C(c1ccc(N(/C=C\N)CC)cc1)C(C#N)=C(N)O2. The molecule has 0 amide bonds. The predicted molar refractivity (Wildman–Crippen MR) is 123 cm³/mol. The molecule has 0 radical (unpaired) electrons. The molecule has 31 heavy (non-hydrogen) atoms. The van der Waals surface area contributed by atoms with E-state index in [9.17, 15) is 5.26 Å². The van der Waals surface area contributed by atoms with Crippen LogP contribution in [0.3, 0.4) is 0 Å². The molecule has 0 saturated heterocycles. The van der Waals surface area contributed by atoms with Crippen LogP contribution in [0.5, 0.6) is 5.88 Å². The minimum absolute atomic E-state index is 0.138. The zero-order valence-corrected chi connectivity index (χ0v) is 19.0. The van der Waals surface area contributed by atoms with Gasteiger partial charge in [0, 0.05) is 24.6 Å². The second kappa shape index (κ2) is 8.76. The molecule has 1 unspecified atom stereocenters. The van der Waals surface area contributed by atoms with Crippen molar-refractivity contribution in [3.63, 3.8) is 0 Å². The number of fused-ring (bicyclic) bond motifs is 1. The quantitative estimate of drug-likeness (QED) is 0.730. The monoisotopic (exact) mass is 420 g/mol. The third-order valence-corrected chi connectivity index (χ3v) is 5.41. The molecule has 4 N–H and O–H groups in total. The topological polar surface area (TPSA) is 106 Å². The number of nitriles is 1. The van der Waals surface area contributed by atoms with Gasteiger partial charge < -0.3 is 21.1 Å². The number of aryl methyl sites for hydroxylation is 1. The first-order chi connectivity index (χ1) is 14.8. The van der Waals surface area contributed by atoms with E-state index in [1.54, 1.807) is 0 Å². The zero-order chi connectivity index (χ0) is 22.8. The molecule has 7 nitrogen and oxygen atoms in total. The van der Waals surface area contributed by atoms with E-state index in [1.165, 1.54) is 6.20 Å². The molecule has 1 aliphatic rings. The van der Waals surface area contributed by atoms with Crippen molar-refractivity contribution < 1.29 is 4.74 Å². The largest absolute Gasteiger partial charge is 0.422 e.